The van der Waals surface area contributed by atoms with Crippen molar-refractivity contribution < 1.29 is 4.79 Å². The zero-order valence-electron chi connectivity index (χ0n) is 24.0. The molecule has 3 rings (SSSR count). The summed E-state index contributed by atoms with van der Waals surface area (Å²) in [6.45, 7) is 19.5. The van der Waals surface area contributed by atoms with Crippen LogP contribution >= 0.6 is 0 Å². The molecular weight excluding hydrogens is 454 g/mol. The van der Waals surface area contributed by atoms with Gasteiger partial charge in [-0.2, -0.15) is 0 Å². The molecule has 4 heteroatoms. The Hall–Kier alpha value is -1.91. The number of rotatable bonds is 15. The summed E-state index contributed by atoms with van der Waals surface area (Å²) in [6, 6.07) is 6.42. The van der Waals surface area contributed by atoms with Crippen molar-refractivity contribution in [3.05, 3.63) is 54.1 Å². The molecule has 1 atom stereocenters. The SMILES string of the molecule is C=CCN(CCN(CC(C)/C=C\C)c1cc(C=O)ccc1CC1CCCCC1)CC1CCN(CC)CC1. The average molecular weight is 508 g/mol. The van der Waals surface area contributed by atoms with Crippen LogP contribution in [0.5, 0.6) is 0 Å². The molecule has 37 heavy (non-hydrogen) atoms. The van der Waals surface area contributed by atoms with Gasteiger partial charge < -0.3 is 9.80 Å². The number of aldehydes is 1. The maximum absolute atomic E-state index is 11.8. The Bertz CT molecular complexity index is 836. The number of likely N-dealkylation sites (tertiary alicyclic amines) is 1. The number of benzene rings is 1. The van der Waals surface area contributed by atoms with Gasteiger partial charge in [0.2, 0.25) is 0 Å². The van der Waals surface area contributed by atoms with Crippen molar-refractivity contribution in [2.75, 3.05) is 57.3 Å². The lowest BCUT2D eigenvalue weighted by atomic mass is 9.84. The Morgan fingerprint density at radius 2 is 1.84 bits per heavy atom. The smallest absolute Gasteiger partial charge is 0.150 e. The predicted molar refractivity (Wildman–Crippen MR) is 160 cm³/mol. The second-order valence-corrected chi connectivity index (χ2v) is 11.6. The van der Waals surface area contributed by atoms with Gasteiger partial charge in [-0.25, -0.2) is 0 Å². The lowest BCUT2D eigenvalue weighted by Crippen LogP contribution is -2.42. The standard InChI is InChI=1S/C33H53N3O/c1-5-11-28(4)25-36(22-21-35(18-6-2)26-30-16-19-34(7-3)20-17-30)33-24-31(27-37)14-15-32(33)23-29-12-9-8-10-13-29/h5-6,11,14-15,24,27-30H,2,7-10,12-13,16-23,25-26H2,1,3-4H3/b11-5-. The molecule has 0 spiro atoms. The summed E-state index contributed by atoms with van der Waals surface area (Å²) in [4.78, 5) is 19.5. The van der Waals surface area contributed by atoms with E-state index in [0.717, 1.165) is 62.8 Å². The van der Waals surface area contributed by atoms with Gasteiger partial charge in [0.1, 0.15) is 6.29 Å². The monoisotopic (exact) mass is 507 g/mol. The number of anilines is 1. The van der Waals surface area contributed by atoms with E-state index in [-0.39, 0.29) is 0 Å². The van der Waals surface area contributed by atoms with Crippen molar-refractivity contribution in [1.29, 1.82) is 0 Å². The number of allylic oxidation sites excluding steroid dienone is 1. The fourth-order valence-corrected chi connectivity index (χ4v) is 6.42. The van der Waals surface area contributed by atoms with Crippen molar-refractivity contribution >= 4 is 12.0 Å². The summed E-state index contributed by atoms with van der Waals surface area (Å²) in [5, 5.41) is 0. The number of hydrogen-bond donors (Lipinski definition) is 0. The Kier molecular flexibility index (Phi) is 12.9. The van der Waals surface area contributed by atoms with Crippen LogP contribution in [-0.2, 0) is 6.42 Å². The number of hydrogen-bond acceptors (Lipinski definition) is 4. The predicted octanol–water partition coefficient (Wildman–Crippen LogP) is 6.86. The zero-order valence-corrected chi connectivity index (χ0v) is 24.0. The fourth-order valence-electron chi connectivity index (χ4n) is 6.42. The van der Waals surface area contributed by atoms with Gasteiger partial charge in [0.25, 0.3) is 0 Å². The number of nitrogens with zero attached hydrogens (tertiary/aromatic N) is 3. The highest BCUT2D eigenvalue weighted by atomic mass is 16.1. The van der Waals surface area contributed by atoms with E-state index in [9.17, 15) is 4.79 Å². The molecule has 1 unspecified atom stereocenters. The molecule has 0 bridgehead atoms. The van der Waals surface area contributed by atoms with Gasteiger partial charge in [-0.1, -0.05) is 76.3 Å². The minimum atomic E-state index is 0.457. The van der Waals surface area contributed by atoms with E-state index in [2.05, 4.69) is 72.4 Å². The molecule has 1 aliphatic carbocycles. The molecule has 1 aliphatic heterocycles. The van der Waals surface area contributed by atoms with E-state index in [1.807, 2.05) is 6.07 Å². The molecule has 0 amide bonds. The summed E-state index contributed by atoms with van der Waals surface area (Å²) in [6.07, 6.45) is 18.1. The molecule has 0 N–H and O–H groups in total. The summed E-state index contributed by atoms with van der Waals surface area (Å²) in [5.41, 5.74) is 3.49. The highest BCUT2D eigenvalue weighted by Crippen LogP contribution is 2.32. The fraction of sp³-hybridized carbons (Fsp3) is 0.667. The van der Waals surface area contributed by atoms with E-state index in [0.29, 0.717) is 5.92 Å². The molecule has 2 aliphatic rings. The number of carbonyl (C=O) groups is 1. The van der Waals surface area contributed by atoms with Crippen LogP contribution < -0.4 is 4.90 Å². The third-order valence-corrected chi connectivity index (χ3v) is 8.59. The first-order chi connectivity index (χ1) is 18.1. The summed E-state index contributed by atoms with van der Waals surface area (Å²) in [7, 11) is 0. The van der Waals surface area contributed by atoms with Crippen LogP contribution in [0.2, 0.25) is 0 Å². The van der Waals surface area contributed by atoms with E-state index in [4.69, 9.17) is 0 Å². The lowest BCUT2D eigenvalue weighted by Gasteiger charge is -2.36. The largest absolute Gasteiger partial charge is 0.369 e. The van der Waals surface area contributed by atoms with Crippen LogP contribution in [0.4, 0.5) is 5.69 Å². The molecular formula is C33H53N3O. The van der Waals surface area contributed by atoms with Crippen molar-refractivity contribution in [3.8, 4) is 0 Å². The molecule has 1 aromatic rings. The molecule has 2 fully saturated rings. The highest BCUT2D eigenvalue weighted by molar-refractivity contribution is 5.78. The van der Waals surface area contributed by atoms with Crippen LogP contribution in [0.15, 0.2) is 43.0 Å². The first kappa shape index (κ1) is 29.6. The minimum Gasteiger partial charge on any atom is -0.369 e. The molecule has 206 valence electrons. The first-order valence-electron chi connectivity index (χ1n) is 15.1. The Morgan fingerprint density at radius 3 is 2.49 bits per heavy atom. The minimum absolute atomic E-state index is 0.457. The maximum atomic E-state index is 11.8. The molecule has 0 aromatic heterocycles. The van der Waals surface area contributed by atoms with E-state index < -0.39 is 0 Å². The van der Waals surface area contributed by atoms with Crippen LogP contribution in [-0.4, -0.2) is 68.4 Å². The van der Waals surface area contributed by atoms with E-state index >= 15 is 0 Å². The maximum Gasteiger partial charge on any atom is 0.150 e. The summed E-state index contributed by atoms with van der Waals surface area (Å²) < 4.78 is 0. The molecule has 1 aromatic carbocycles. The third kappa shape index (κ3) is 9.72. The summed E-state index contributed by atoms with van der Waals surface area (Å²) >= 11 is 0. The molecule has 1 saturated heterocycles. The van der Waals surface area contributed by atoms with Crippen LogP contribution in [0.25, 0.3) is 0 Å². The molecule has 1 saturated carbocycles. The lowest BCUT2D eigenvalue weighted by molar-refractivity contribution is 0.112. The topological polar surface area (TPSA) is 26.8 Å². The molecule has 4 nitrogen and oxygen atoms in total. The third-order valence-electron chi connectivity index (χ3n) is 8.59. The molecule has 1 heterocycles. The van der Waals surface area contributed by atoms with Crippen LogP contribution in [0.3, 0.4) is 0 Å². The quantitative estimate of drug-likeness (QED) is 0.191. The van der Waals surface area contributed by atoms with Gasteiger partial charge in [0.15, 0.2) is 0 Å². The second-order valence-electron chi connectivity index (χ2n) is 11.6. The Balaban J connectivity index is 1.77. The highest BCUT2D eigenvalue weighted by Gasteiger charge is 2.23. The van der Waals surface area contributed by atoms with Gasteiger partial charge >= 0.3 is 0 Å². The van der Waals surface area contributed by atoms with Crippen LogP contribution in [0.1, 0.15) is 81.6 Å². The normalized spacial score (nSPS) is 18.9. The summed E-state index contributed by atoms with van der Waals surface area (Å²) in [5.74, 6) is 2.01. The van der Waals surface area contributed by atoms with Crippen LogP contribution in [0, 0.1) is 17.8 Å². The number of piperidine rings is 1. The van der Waals surface area contributed by atoms with Crippen molar-refractivity contribution in [1.82, 2.24) is 9.80 Å². The van der Waals surface area contributed by atoms with E-state index in [1.165, 1.54) is 75.8 Å². The van der Waals surface area contributed by atoms with Crippen molar-refractivity contribution in [2.24, 2.45) is 17.8 Å². The number of carbonyl (C=O) groups excluding carboxylic acids is 1. The molecule has 0 radical (unpaired) electrons. The van der Waals surface area contributed by atoms with Gasteiger partial charge in [0, 0.05) is 44.0 Å². The van der Waals surface area contributed by atoms with Gasteiger partial charge in [0.05, 0.1) is 0 Å². The van der Waals surface area contributed by atoms with Gasteiger partial charge in [-0.3, -0.25) is 9.69 Å². The van der Waals surface area contributed by atoms with Crippen molar-refractivity contribution in [2.45, 2.75) is 72.1 Å². The second kappa shape index (κ2) is 16.1. The van der Waals surface area contributed by atoms with E-state index in [1.54, 1.807) is 0 Å². The van der Waals surface area contributed by atoms with Gasteiger partial charge in [-0.05, 0) is 75.2 Å². The zero-order chi connectivity index (χ0) is 26.5. The Morgan fingerprint density at radius 1 is 1.08 bits per heavy atom. The van der Waals surface area contributed by atoms with Crippen molar-refractivity contribution in [3.63, 3.8) is 0 Å². The Labute approximate surface area is 227 Å². The first-order valence-corrected chi connectivity index (χ1v) is 15.1. The van der Waals surface area contributed by atoms with Gasteiger partial charge in [-0.15, -0.1) is 6.58 Å². The average Bonchev–Trinajstić information content (AvgIpc) is 2.92.